The lowest BCUT2D eigenvalue weighted by Crippen LogP contribution is -2.22. The van der Waals surface area contributed by atoms with Crippen molar-refractivity contribution in [2.45, 2.75) is 33.1 Å². The van der Waals surface area contributed by atoms with Crippen molar-refractivity contribution in [2.24, 2.45) is 11.8 Å². The van der Waals surface area contributed by atoms with Crippen molar-refractivity contribution in [3.63, 3.8) is 0 Å². The molecule has 0 amide bonds. The van der Waals surface area contributed by atoms with Crippen LogP contribution in [-0.2, 0) is 16.0 Å². The standard InChI is InChI=1S/C21H26ClN3O2/c1-14(2)20(26)11-16-10-17(18(22)13-23-16)19-4-3-5-21(25-19)24-12-15-6-8-27-9-7-15/h3-5,10,13-15H,6-9,11-12H2,1-2H3,(H,24,25). The molecular formula is C21H26ClN3O2. The Balaban J connectivity index is 1.74. The molecule has 1 aliphatic heterocycles. The summed E-state index contributed by atoms with van der Waals surface area (Å²) in [5.41, 5.74) is 2.29. The van der Waals surface area contributed by atoms with E-state index >= 15 is 0 Å². The van der Waals surface area contributed by atoms with Crippen LogP contribution in [0.2, 0.25) is 5.02 Å². The molecule has 0 atom stereocenters. The Morgan fingerprint density at radius 3 is 2.85 bits per heavy atom. The molecule has 3 rings (SSSR count). The maximum absolute atomic E-state index is 12.0. The van der Waals surface area contributed by atoms with Crippen LogP contribution in [0.25, 0.3) is 11.3 Å². The van der Waals surface area contributed by atoms with Crippen LogP contribution in [0.3, 0.4) is 0 Å². The molecule has 1 fully saturated rings. The fourth-order valence-corrected chi connectivity index (χ4v) is 3.24. The van der Waals surface area contributed by atoms with Crippen LogP contribution in [0.15, 0.2) is 30.5 Å². The molecule has 2 aromatic heterocycles. The van der Waals surface area contributed by atoms with Crippen LogP contribution < -0.4 is 5.32 Å². The van der Waals surface area contributed by atoms with Crippen LogP contribution in [0, 0.1) is 11.8 Å². The molecule has 3 heterocycles. The Morgan fingerprint density at radius 1 is 1.33 bits per heavy atom. The van der Waals surface area contributed by atoms with Crippen LogP contribution in [-0.4, -0.2) is 35.5 Å². The monoisotopic (exact) mass is 387 g/mol. The van der Waals surface area contributed by atoms with E-state index in [1.165, 1.54) is 0 Å². The molecular weight excluding hydrogens is 362 g/mol. The largest absolute Gasteiger partial charge is 0.381 e. The van der Waals surface area contributed by atoms with E-state index in [0.29, 0.717) is 17.4 Å². The molecule has 6 heteroatoms. The highest BCUT2D eigenvalue weighted by atomic mass is 35.5. The van der Waals surface area contributed by atoms with Gasteiger partial charge in [-0.25, -0.2) is 4.98 Å². The molecule has 0 radical (unpaired) electrons. The maximum Gasteiger partial charge on any atom is 0.141 e. The van der Waals surface area contributed by atoms with Crippen molar-refractivity contribution >= 4 is 23.2 Å². The van der Waals surface area contributed by atoms with Gasteiger partial charge in [-0.2, -0.15) is 0 Å². The Labute approximate surface area is 165 Å². The predicted molar refractivity (Wildman–Crippen MR) is 108 cm³/mol. The summed E-state index contributed by atoms with van der Waals surface area (Å²) in [4.78, 5) is 21.0. The van der Waals surface area contributed by atoms with Crippen molar-refractivity contribution in [3.8, 4) is 11.3 Å². The Kier molecular flexibility index (Phi) is 6.80. The average Bonchev–Trinajstić information content (AvgIpc) is 2.69. The number of carbonyl (C=O) groups excluding carboxylic acids is 1. The fraction of sp³-hybridized carbons (Fsp3) is 0.476. The summed E-state index contributed by atoms with van der Waals surface area (Å²) < 4.78 is 5.41. The van der Waals surface area contributed by atoms with Crippen LogP contribution in [0.5, 0.6) is 0 Å². The number of nitrogens with one attached hydrogen (secondary N) is 1. The number of nitrogens with zero attached hydrogens (tertiary/aromatic N) is 2. The lowest BCUT2D eigenvalue weighted by Gasteiger charge is -2.22. The first-order valence-corrected chi connectivity index (χ1v) is 9.87. The molecule has 0 unspecified atom stereocenters. The van der Waals surface area contributed by atoms with Gasteiger partial charge < -0.3 is 10.1 Å². The molecule has 144 valence electrons. The number of ether oxygens (including phenoxy) is 1. The summed E-state index contributed by atoms with van der Waals surface area (Å²) in [6.07, 6.45) is 4.07. The number of rotatable bonds is 7. The highest BCUT2D eigenvalue weighted by Crippen LogP contribution is 2.28. The number of hydrogen-bond acceptors (Lipinski definition) is 5. The Bertz CT molecular complexity index is 789. The second-order valence-electron chi connectivity index (χ2n) is 7.30. The highest BCUT2D eigenvalue weighted by Gasteiger charge is 2.15. The molecule has 0 aliphatic carbocycles. The zero-order valence-electron chi connectivity index (χ0n) is 15.9. The smallest absolute Gasteiger partial charge is 0.141 e. The van der Waals surface area contributed by atoms with E-state index in [2.05, 4.69) is 10.3 Å². The fourth-order valence-electron chi connectivity index (χ4n) is 3.04. The average molecular weight is 388 g/mol. The predicted octanol–water partition coefficient (Wildman–Crippen LogP) is 4.40. The van der Waals surface area contributed by atoms with Gasteiger partial charge in [0.1, 0.15) is 11.6 Å². The van der Waals surface area contributed by atoms with E-state index in [9.17, 15) is 4.79 Å². The zero-order chi connectivity index (χ0) is 19.2. The second kappa shape index (κ2) is 9.29. The molecule has 1 saturated heterocycles. The molecule has 2 aromatic rings. The lowest BCUT2D eigenvalue weighted by atomic mass is 10.0. The first-order valence-electron chi connectivity index (χ1n) is 9.49. The summed E-state index contributed by atoms with van der Waals surface area (Å²) in [5, 5.41) is 3.96. The Morgan fingerprint density at radius 2 is 2.11 bits per heavy atom. The van der Waals surface area contributed by atoms with Gasteiger partial charge in [0.2, 0.25) is 0 Å². The van der Waals surface area contributed by atoms with Crippen LogP contribution in [0.4, 0.5) is 5.82 Å². The van der Waals surface area contributed by atoms with Gasteiger partial charge in [-0.15, -0.1) is 0 Å². The minimum Gasteiger partial charge on any atom is -0.381 e. The van der Waals surface area contributed by atoms with Crippen molar-refractivity contribution in [3.05, 3.63) is 41.2 Å². The zero-order valence-corrected chi connectivity index (χ0v) is 16.6. The number of halogens is 1. The number of aromatic nitrogens is 2. The molecule has 0 aromatic carbocycles. The van der Waals surface area contributed by atoms with E-state index < -0.39 is 0 Å². The second-order valence-corrected chi connectivity index (χ2v) is 7.71. The lowest BCUT2D eigenvalue weighted by molar-refractivity contribution is -0.121. The van der Waals surface area contributed by atoms with Gasteiger partial charge in [-0.1, -0.05) is 31.5 Å². The number of ketones is 1. The quantitative estimate of drug-likeness (QED) is 0.762. The van der Waals surface area contributed by atoms with Crippen molar-refractivity contribution in [2.75, 3.05) is 25.1 Å². The minimum atomic E-state index is -0.0123. The molecule has 0 bridgehead atoms. The first kappa shape index (κ1) is 19.8. The first-order chi connectivity index (χ1) is 13.0. The molecule has 1 aliphatic rings. The SMILES string of the molecule is CC(C)C(=O)Cc1cc(-c2cccc(NCC3CCOCC3)n2)c(Cl)cn1. The summed E-state index contributed by atoms with van der Waals surface area (Å²) in [6.45, 7) is 6.36. The van der Waals surface area contributed by atoms with Crippen molar-refractivity contribution in [1.82, 2.24) is 9.97 Å². The summed E-state index contributed by atoms with van der Waals surface area (Å²) in [5.74, 6) is 1.59. The topological polar surface area (TPSA) is 64.1 Å². The van der Waals surface area contributed by atoms with E-state index in [1.54, 1.807) is 6.20 Å². The molecule has 5 nitrogen and oxygen atoms in total. The van der Waals surface area contributed by atoms with Gasteiger partial charge in [-0.05, 0) is 37.0 Å². The van der Waals surface area contributed by atoms with Crippen LogP contribution >= 0.6 is 11.6 Å². The van der Waals surface area contributed by atoms with Gasteiger partial charge >= 0.3 is 0 Å². The van der Waals surface area contributed by atoms with Gasteiger partial charge in [0, 0.05) is 49.6 Å². The summed E-state index contributed by atoms with van der Waals surface area (Å²) in [6, 6.07) is 7.72. The summed E-state index contributed by atoms with van der Waals surface area (Å²) >= 11 is 6.36. The third-order valence-electron chi connectivity index (χ3n) is 4.85. The van der Waals surface area contributed by atoms with E-state index in [-0.39, 0.29) is 11.7 Å². The van der Waals surface area contributed by atoms with E-state index in [1.807, 2.05) is 38.1 Å². The number of pyridine rings is 2. The maximum atomic E-state index is 12.0. The molecule has 1 N–H and O–H groups in total. The van der Waals surface area contributed by atoms with E-state index in [4.69, 9.17) is 21.3 Å². The molecule has 27 heavy (non-hydrogen) atoms. The summed E-state index contributed by atoms with van der Waals surface area (Å²) in [7, 11) is 0. The van der Waals surface area contributed by atoms with Crippen molar-refractivity contribution in [1.29, 1.82) is 0 Å². The van der Waals surface area contributed by atoms with Gasteiger partial charge in [0.15, 0.2) is 0 Å². The third kappa shape index (κ3) is 5.50. The minimum absolute atomic E-state index is 0.0123. The third-order valence-corrected chi connectivity index (χ3v) is 5.15. The molecule has 0 spiro atoms. The van der Waals surface area contributed by atoms with Crippen molar-refractivity contribution < 1.29 is 9.53 Å². The van der Waals surface area contributed by atoms with Gasteiger partial charge in [0.25, 0.3) is 0 Å². The number of anilines is 1. The highest BCUT2D eigenvalue weighted by molar-refractivity contribution is 6.33. The Hall–Kier alpha value is -1.98. The normalized spacial score (nSPS) is 15.1. The van der Waals surface area contributed by atoms with Gasteiger partial charge in [0.05, 0.1) is 10.7 Å². The number of carbonyl (C=O) groups is 1. The number of Topliss-reactive ketones (excluding diaryl/α,β-unsaturated/α-hetero) is 1. The number of hydrogen-bond donors (Lipinski definition) is 1. The van der Waals surface area contributed by atoms with E-state index in [0.717, 1.165) is 55.4 Å². The molecule has 0 saturated carbocycles. The van der Waals surface area contributed by atoms with Crippen LogP contribution in [0.1, 0.15) is 32.4 Å². The van der Waals surface area contributed by atoms with Gasteiger partial charge in [-0.3, -0.25) is 9.78 Å².